The van der Waals surface area contributed by atoms with Gasteiger partial charge in [0.15, 0.2) is 0 Å². The third-order valence-corrected chi connectivity index (χ3v) is 7.13. The SMILES string of the molecule is COC(=O)N[C@H](Cc1ccc(N(C(=O)C(=O)O)c2ccccc2C(=O)O)cc1)C(=O)NCCCCOc1cc(OC(C)C)cc(O)c1C(=O)OC. The number of anilines is 2. The number of amides is 3. The number of methoxy groups -OCH3 is 2. The zero-order chi connectivity index (χ0) is 37.7. The lowest BCUT2D eigenvalue weighted by Crippen LogP contribution is -2.48. The van der Waals surface area contributed by atoms with Crippen molar-refractivity contribution in [3.63, 3.8) is 0 Å². The maximum Gasteiger partial charge on any atom is 0.407 e. The number of carbonyl (C=O) groups excluding carboxylic acids is 4. The number of para-hydroxylation sites is 1. The van der Waals surface area contributed by atoms with E-state index < -0.39 is 41.9 Å². The first-order chi connectivity index (χ1) is 24.3. The summed E-state index contributed by atoms with van der Waals surface area (Å²) in [5, 5.41) is 34.6. The summed E-state index contributed by atoms with van der Waals surface area (Å²) >= 11 is 0. The lowest BCUT2D eigenvalue weighted by molar-refractivity contribution is -0.148. The first-order valence-corrected chi connectivity index (χ1v) is 15.6. The summed E-state index contributed by atoms with van der Waals surface area (Å²) in [5.41, 5.74) is -0.0466. The number of carbonyl (C=O) groups is 6. The number of hydrogen-bond donors (Lipinski definition) is 5. The predicted octanol–water partition coefficient (Wildman–Crippen LogP) is 3.66. The highest BCUT2D eigenvalue weighted by Gasteiger charge is 2.28. The van der Waals surface area contributed by atoms with Gasteiger partial charge in [0.05, 0.1) is 38.2 Å². The minimum absolute atomic E-state index is 0.0303. The molecule has 0 saturated heterocycles. The van der Waals surface area contributed by atoms with Crippen molar-refractivity contribution < 1.29 is 63.0 Å². The van der Waals surface area contributed by atoms with Crippen LogP contribution in [-0.4, -0.2) is 90.7 Å². The Morgan fingerprint density at radius 2 is 1.57 bits per heavy atom. The molecule has 3 rings (SSSR count). The van der Waals surface area contributed by atoms with Gasteiger partial charge in [0, 0.05) is 30.8 Å². The van der Waals surface area contributed by atoms with E-state index in [1.54, 1.807) is 13.8 Å². The second-order valence-electron chi connectivity index (χ2n) is 11.1. The fourth-order valence-corrected chi connectivity index (χ4v) is 4.82. The average molecular weight is 710 g/mol. The van der Waals surface area contributed by atoms with E-state index in [-0.39, 0.29) is 59.7 Å². The molecule has 0 bridgehead atoms. The van der Waals surface area contributed by atoms with Crippen LogP contribution in [0.1, 0.15) is 53.0 Å². The highest BCUT2D eigenvalue weighted by Crippen LogP contribution is 2.35. The number of carboxylic acid groups (broad SMARTS) is 2. The number of hydrogen-bond acceptors (Lipinski definition) is 11. The lowest BCUT2D eigenvalue weighted by Gasteiger charge is -2.23. The Balaban J connectivity index is 1.67. The summed E-state index contributed by atoms with van der Waals surface area (Å²) in [6.07, 6.45) is -0.243. The number of nitrogens with one attached hydrogen (secondary N) is 2. The van der Waals surface area contributed by atoms with E-state index in [4.69, 9.17) is 14.2 Å². The lowest BCUT2D eigenvalue weighted by atomic mass is 10.0. The number of nitrogens with zero attached hydrogens (tertiary/aromatic N) is 1. The van der Waals surface area contributed by atoms with E-state index in [0.29, 0.717) is 24.2 Å². The number of carboxylic acids is 2. The minimum Gasteiger partial charge on any atom is -0.507 e. The van der Waals surface area contributed by atoms with Crippen molar-refractivity contribution in [2.24, 2.45) is 0 Å². The number of phenols is 1. The van der Waals surface area contributed by atoms with Crippen molar-refractivity contribution in [3.8, 4) is 17.2 Å². The molecule has 5 N–H and O–H groups in total. The van der Waals surface area contributed by atoms with Gasteiger partial charge in [0.2, 0.25) is 5.91 Å². The quantitative estimate of drug-likeness (QED) is 0.0814. The number of aliphatic carboxylic acids is 1. The van der Waals surface area contributed by atoms with Crippen molar-refractivity contribution in [3.05, 3.63) is 77.4 Å². The van der Waals surface area contributed by atoms with Gasteiger partial charge in [0.25, 0.3) is 0 Å². The number of unbranched alkanes of at least 4 members (excludes halogenated alkanes) is 1. The van der Waals surface area contributed by atoms with E-state index in [0.717, 1.165) is 12.0 Å². The maximum atomic E-state index is 13.1. The Hall–Kier alpha value is -6.32. The molecule has 16 nitrogen and oxygen atoms in total. The molecule has 0 saturated carbocycles. The smallest absolute Gasteiger partial charge is 0.407 e. The third-order valence-electron chi connectivity index (χ3n) is 7.13. The van der Waals surface area contributed by atoms with Gasteiger partial charge in [-0.05, 0) is 56.5 Å². The molecule has 0 heterocycles. The maximum absolute atomic E-state index is 13.1. The van der Waals surface area contributed by atoms with Crippen molar-refractivity contribution in [1.82, 2.24) is 10.6 Å². The van der Waals surface area contributed by atoms with Gasteiger partial charge in [-0.1, -0.05) is 24.3 Å². The standard InChI is InChI=1S/C35H39N3O13/c1-20(2)51-23-18-27(39)29(34(46)48-3)28(19-23)50-16-8-7-15-36-30(40)25(37-35(47)49-4)17-21-11-13-22(14-12-21)38(31(41)33(44)45)26-10-6-5-9-24(26)32(42)43/h5-6,9-14,18-20,25,39H,7-8,15-17H2,1-4H3,(H,36,40)(H,37,47)(H,42,43)(H,44,45)/t25-/m1/s1. The molecule has 0 spiro atoms. The second kappa shape index (κ2) is 18.4. The van der Waals surface area contributed by atoms with Gasteiger partial charge in [-0.25, -0.2) is 19.2 Å². The fourth-order valence-electron chi connectivity index (χ4n) is 4.82. The Labute approximate surface area is 292 Å². The van der Waals surface area contributed by atoms with Gasteiger partial charge in [0.1, 0.15) is 28.9 Å². The van der Waals surface area contributed by atoms with Crippen LogP contribution in [0.4, 0.5) is 16.2 Å². The van der Waals surface area contributed by atoms with Crippen LogP contribution in [0.3, 0.4) is 0 Å². The number of esters is 1. The molecular formula is C35H39N3O13. The zero-order valence-corrected chi connectivity index (χ0v) is 28.3. The van der Waals surface area contributed by atoms with Crippen molar-refractivity contribution >= 4 is 47.2 Å². The molecule has 51 heavy (non-hydrogen) atoms. The summed E-state index contributed by atoms with van der Waals surface area (Å²) in [4.78, 5) is 74.2. The topological polar surface area (TPSA) is 227 Å². The molecule has 0 radical (unpaired) electrons. The molecule has 0 aliphatic rings. The van der Waals surface area contributed by atoms with Crippen LogP contribution in [0.5, 0.6) is 17.2 Å². The molecule has 272 valence electrons. The molecule has 0 aromatic heterocycles. The van der Waals surface area contributed by atoms with E-state index >= 15 is 0 Å². The highest BCUT2D eigenvalue weighted by molar-refractivity contribution is 6.39. The number of alkyl carbamates (subject to hydrolysis) is 1. The first-order valence-electron chi connectivity index (χ1n) is 15.6. The molecule has 3 amide bonds. The van der Waals surface area contributed by atoms with Crippen LogP contribution in [-0.2, 0) is 30.3 Å². The van der Waals surface area contributed by atoms with Crippen LogP contribution in [0, 0.1) is 0 Å². The fraction of sp³-hybridized carbons (Fsp3) is 0.314. The van der Waals surface area contributed by atoms with E-state index in [1.807, 2.05) is 0 Å². The second-order valence-corrected chi connectivity index (χ2v) is 11.1. The van der Waals surface area contributed by atoms with Crippen LogP contribution >= 0.6 is 0 Å². The Morgan fingerprint density at radius 1 is 0.882 bits per heavy atom. The van der Waals surface area contributed by atoms with Crippen LogP contribution in [0.25, 0.3) is 0 Å². The highest BCUT2D eigenvalue weighted by atomic mass is 16.5. The Morgan fingerprint density at radius 3 is 2.18 bits per heavy atom. The van der Waals surface area contributed by atoms with Crippen LogP contribution in [0.15, 0.2) is 60.7 Å². The van der Waals surface area contributed by atoms with E-state index in [2.05, 4.69) is 15.4 Å². The molecular weight excluding hydrogens is 670 g/mol. The van der Waals surface area contributed by atoms with E-state index in [1.165, 1.54) is 67.8 Å². The largest absolute Gasteiger partial charge is 0.507 e. The van der Waals surface area contributed by atoms with Crippen LogP contribution < -0.4 is 25.0 Å². The van der Waals surface area contributed by atoms with Gasteiger partial charge < -0.3 is 44.9 Å². The number of benzene rings is 3. The molecule has 3 aromatic rings. The minimum atomic E-state index is -1.81. The number of rotatable bonds is 16. The van der Waals surface area contributed by atoms with Gasteiger partial charge in [-0.2, -0.15) is 0 Å². The first kappa shape index (κ1) is 39.1. The van der Waals surface area contributed by atoms with Gasteiger partial charge >= 0.3 is 29.9 Å². The summed E-state index contributed by atoms with van der Waals surface area (Å²) in [6, 6.07) is 12.9. The summed E-state index contributed by atoms with van der Waals surface area (Å²) in [5.74, 6) is -5.89. The summed E-state index contributed by atoms with van der Waals surface area (Å²) in [7, 11) is 2.31. The number of phenolic OH excluding ortho intramolecular Hbond substituents is 1. The number of ether oxygens (including phenoxy) is 4. The van der Waals surface area contributed by atoms with Gasteiger partial charge in [-0.3, -0.25) is 14.5 Å². The Kier molecular flexibility index (Phi) is 14.1. The third kappa shape index (κ3) is 10.8. The van der Waals surface area contributed by atoms with Gasteiger partial charge in [-0.15, -0.1) is 0 Å². The molecule has 1 atom stereocenters. The number of aromatic hydroxyl groups is 1. The molecule has 0 aliphatic carbocycles. The van der Waals surface area contributed by atoms with Crippen molar-refractivity contribution in [2.75, 3.05) is 32.3 Å². The van der Waals surface area contributed by atoms with Crippen LogP contribution in [0.2, 0.25) is 0 Å². The predicted molar refractivity (Wildman–Crippen MR) is 181 cm³/mol. The van der Waals surface area contributed by atoms with E-state index in [9.17, 15) is 44.1 Å². The van der Waals surface area contributed by atoms with Crippen molar-refractivity contribution in [2.45, 2.75) is 45.3 Å². The molecule has 16 heteroatoms. The summed E-state index contributed by atoms with van der Waals surface area (Å²) in [6.45, 7) is 3.89. The normalized spacial score (nSPS) is 11.2. The monoisotopic (exact) mass is 709 g/mol. The molecule has 0 fully saturated rings. The summed E-state index contributed by atoms with van der Waals surface area (Å²) < 4.78 is 20.8. The Bertz CT molecular complexity index is 1740. The number of aromatic carboxylic acids is 1. The molecule has 0 aliphatic heterocycles. The average Bonchev–Trinajstić information content (AvgIpc) is 3.09. The van der Waals surface area contributed by atoms with Crippen molar-refractivity contribution in [1.29, 1.82) is 0 Å². The zero-order valence-electron chi connectivity index (χ0n) is 28.3. The molecule has 0 unspecified atom stereocenters. The molecule has 3 aromatic carbocycles.